The first kappa shape index (κ1) is 14.0. The third-order valence-corrected chi connectivity index (χ3v) is 3.49. The Morgan fingerprint density at radius 1 is 1.53 bits per heavy atom. The van der Waals surface area contributed by atoms with E-state index in [0.29, 0.717) is 12.3 Å². The highest BCUT2D eigenvalue weighted by atomic mass is 19.1. The van der Waals surface area contributed by atoms with Crippen LogP contribution < -0.4 is 10.6 Å². The van der Waals surface area contributed by atoms with Crippen LogP contribution in [-0.2, 0) is 4.79 Å². The third kappa shape index (κ3) is 4.31. The average molecular weight is 263 g/mol. The highest BCUT2D eigenvalue weighted by Gasteiger charge is 2.15. The van der Waals surface area contributed by atoms with Crippen LogP contribution in [0.4, 0.5) is 10.1 Å². The van der Waals surface area contributed by atoms with Crippen LogP contribution in [0.25, 0.3) is 0 Å². The molecule has 1 aromatic rings. The van der Waals surface area contributed by atoms with E-state index in [1.807, 2.05) is 6.92 Å². The normalized spacial score (nSPS) is 19.2. The lowest BCUT2D eigenvalue weighted by molar-refractivity contribution is -0.116. The third-order valence-electron chi connectivity index (χ3n) is 3.49. The average Bonchev–Trinajstić information content (AvgIpc) is 2.41. The van der Waals surface area contributed by atoms with Gasteiger partial charge in [-0.1, -0.05) is 6.07 Å². The molecule has 2 rings (SSSR count). The van der Waals surface area contributed by atoms with Gasteiger partial charge in [0.15, 0.2) is 0 Å². The molecule has 1 unspecified atom stereocenters. The van der Waals surface area contributed by atoms with Gasteiger partial charge >= 0.3 is 0 Å². The topological polar surface area (TPSA) is 43.2 Å². The summed E-state index contributed by atoms with van der Waals surface area (Å²) in [5.74, 6) is 0.0247. The predicted octanol–water partition coefficient (Wildman–Crippen LogP) is 2.87. The molecular formula is C15H20FN2O. The van der Waals surface area contributed by atoms with Crippen LogP contribution in [0.3, 0.4) is 0 Å². The standard InChI is InChI=1S/C15H20FN2O/c1-11-4-6-14(13(16)9-11)18-15(19)7-5-12-3-2-8-17-10-12/h4,6,9,12H,2-3,5,7-8,10H2,1H3,(H,18,19). The Labute approximate surface area is 113 Å². The fourth-order valence-electron chi connectivity index (χ4n) is 2.36. The fourth-order valence-corrected chi connectivity index (χ4v) is 2.36. The zero-order chi connectivity index (χ0) is 13.7. The number of amides is 1. The van der Waals surface area contributed by atoms with Crippen molar-refractivity contribution in [2.75, 3.05) is 18.4 Å². The highest BCUT2D eigenvalue weighted by molar-refractivity contribution is 5.90. The van der Waals surface area contributed by atoms with Crippen molar-refractivity contribution < 1.29 is 9.18 Å². The lowest BCUT2D eigenvalue weighted by Crippen LogP contribution is -2.25. The molecule has 0 saturated carbocycles. The van der Waals surface area contributed by atoms with Crippen molar-refractivity contribution in [3.05, 3.63) is 29.6 Å². The first-order valence-electron chi connectivity index (χ1n) is 6.84. The molecule has 1 aliphatic heterocycles. The van der Waals surface area contributed by atoms with E-state index in [2.05, 4.69) is 10.6 Å². The van der Waals surface area contributed by atoms with Gasteiger partial charge < -0.3 is 5.32 Å². The minimum Gasteiger partial charge on any atom is -0.324 e. The molecule has 1 atom stereocenters. The Morgan fingerprint density at radius 3 is 3.05 bits per heavy atom. The summed E-state index contributed by atoms with van der Waals surface area (Å²) in [5, 5.41) is 6.99. The van der Waals surface area contributed by atoms with Crippen molar-refractivity contribution in [3.8, 4) is 0 Å². The molecular weight excluding hydrogens is 243 g/mol. The van der Waals surface area contributed by atoms with Gasteiger partial charge in [0, 0.05) is 19.5 Å². The second-order valence-corrected chi connectivity index (χ2v) is 5.21. The lowest BCUT2D eigenvalue weighted by atomic mass is 9.94. The summed E-state index contributed by atoms with van der Waals surface area (Å²) in [6.07, 6.45) is 3.55. The summed E-state index contributed by atoms with van der Waals surface area (Å²) in [6, 6.07) is 4.83. The number of rotatable bonds is 4. The molecule has 1 N–H and O–H groups in total. The molecule has 1 amide bonds. The van der Waals surface area contributed by atoms with E-state index in [4.69, 9.17) is 0 Å². The maximum absolute atomic E-state index is 13.6. The Hall–Kier alpha value is -1.42. The minimum absolute atomic E-state index is 0.117. The fraction of sp³-hybridized carbons (Fsp3) is 0.533. The zero-order valence-electron chi connectivity index (χ0n) is 11.3. The number of piperidine rings is 1. The summed E-state index contributed by atoms with van der Waals surface area (Å²) >= 11 is 0. The largest absolute Gasteiger partial charge is 0.324 e. The number of carbonyl (C=O) groups excluding carboxylic acids is 1. The van der Waals surface area contributed by atoms with Crippen LogP contribution >= 0.6 is 0 Å². The van der Waals surface area contributed by atoms with Gasteiger partial charge in [0.1, 0.15) is 5.82 Å². The van der Waals surface area contributed by atoms with Crippen molar-refractivity contribution in [3.63, 3.8) is 0 Å². The molecule has 1 fully saturated rings. The molecule has 19 heavy (non-hydrogen) atoms. The first-order valence-corrected chi connectivity index (χ1v) is 6.84. The minimum atomic E-state index is -0.374. The zero-order valence-corrected chi connectivity index (χ0v) is 11.3. The van der Waals surface area contributed by atoms with Crippen molar-refractivity contribution in [1.29, 1.82) is 0 Å². The number of aryl methyl sites for hydroxylation is 1. The smallest absolute Gasteiger partial charge is 0.224 e. The number of halogens is 1. The summed E-state index contributed by atoms with van der Waals surface area (Å²) in [7, 11) is 0. The first-order chi connectivity index (χ1) is 9.15. The summed E-state index contributed by atoms with van der Waals surface area (Å²) in [5.41, 5.74) is 1.11. The molecule has 1 aromatic carbocycles. The molecule has 0 aromatic heterocycles. The van der Waals surface area contributed by atoms with Gasteiger partial charge in [-0.15, -0.1) is 0 Å². The molecule has 1 aliphatic rings. The van der Waals surface area contributed by atoms with Crippen LogP contribution in [-0.4, -0.2) is 19.0 Å². The van der Waals surface area contributed by atoms with Gasteiger partial charge in [-0.2, -0.15) is 0 Å². The monoisotopic (exact) mass is 263 g/mol. The van der Waals surface area contributed by atoms with Crippen LogP contribution in [0.5, 0.6) is 0 Å². The van der Waals surface area contributed by atoms with Gasteiger partial charge in [-0.05, 0) is 49.8 Å². The van der Waals surface area contributed by atoms with Gasteiger partial charge in [0.2, 0.25) is 5.91 Å². The Bertz CT molecular complexity index is 442. The van der Waals surface area contributed by atoms with Crippen LogP contribution in [0.1, 0.15) is 31.2 Å². The van der Waals surface area contributed by atoms with E-state index in [-0.39, 0.29) is 17.4 Å². The van der Waals surface area contributed by atoms with Gasteiger partial charge in [0.25, 0.3) is 0 Å². The number of nitrogens with one attached hydrogen (secondary N) is 1. The van der Waals surface area contributed by atoms with Crippen molar-refractivity contribution in [2.24, 2.45) is 5.92 Å². The van der Waals surface area contributed by atoms with Gasteiger partial charge in [-0.3, -0.25) is 4.79 Å². The molecule has 103 valence electrons. The molecule has 1 heterocycles. The Morgan fingerprint density at radius 2 is 2.37 bits per heavy atom. The van der Waals surface area contributed by atoms with Crippen molar-refractivity contribution in [2.45, 2.75) is 32.6 Å². The van der Waals surface area contributed by atoms with E-state index in [0.717, 1.165) is 37.9 Å². The number of nitrogens with zero attached hydrogens (tertiary/aromatic N) is 1. The lowest BCUT2D eigenvalue weighted by Gasteiger charge is -2.20. The van der Waals surface area contributed by atoms with Crippen molar-refractivity contribution in [1.82, 2.24) is 5.32 Å². The molecule has 3 nitrogen and oxygen atoms in total. The molecule has 4 heteroatoms. The summed E-state index contributed by atoms with van der Waals surface area (Å²) in [6.45, 7) is 3.64. The van der Waals surface area contributed by atoms with Crippen molar-refractivity contribution >= 4 is 11.6 Å². The summed E-state index contributed by atoms with van der Waals surface area (Å²) < 4.78 is 13.6. The second-order valence-electron chi connectivity index (χ2n) is 5.21. The van der Waals surface area contributed by atoms with Crippen LogP contribution in [0, 0.1) is 18.7 Å². The Kier molecular flexibility index (Phi) is 4.91. The van der Waals surface area contributed by atoms with E-state index in [9.17, 15) is 9.18 Å². The molecule has 0 bridgehead atoms. The molecule has 1 saturated heterocycles. The van der Waals surface area contributed by atoms with Crippen LogP contribution in [0.15, 0.2) is 18.2 Å². The quantitative estimate of drug-likeness (QED) is 0.891. The van der Waals surface area contributed by atoms with Gasteiger partial charge in [0.05, 0.1) is 5.69 Å². The molecule has 1 radical (unpaired) electrons. The number of anilines is 1. The maximum atomic E-state index is 13.6. The SMILES string of the molecule is Cc1ccc(NC(=O)CCC2CCC[N]C2)c(F)c1. The van der Waals surface area contributed by atoms with E-state index >= 15 is 0 Å². The number of hydrogen-bond acceptors (Lipinski definition) is 1. The van der Waals surface area contributed by atoms with E-state index in [1.165, 1.54) is 6.07 Å². The van der Waals surface area contributed by atoms with Crippen LogP contribution in [0.2, 0.25) is 0 Å². The Balaban J connectivity index is 1.80. The maximum Gasteiger partial charge on any atom is 0.224 e. The predicted molar refractivity (Wildman–Crippen MR) is 73.6 cm³/mol. The van der Waals surface area contributed by atoms with Gasteiger partial charge in [-0.25, -0.2) is 9.71 Å². The number of hydrogen-bond donors (Lipinski definition) is 1. The van der Waals surface area contributed by atoms with E-state index in [1.54, 1.807) is 12.1 Å². The number of carbonyl (C=O) groups is 1. The molecule has 0 aliphatic carbocycles. The summed E-state index contributed by atoms with van der Waals surface area (Å²) in [4.78, 5) is 11.8. The highest BCUT2D eigenvalue weighted by Crippen LogP contribution is 2.19. The van der Waals surface area contributed by atoms with E-state index < -0.39 is 0 Å². The second kappa shape index (κ2) is 6.66. The number of benzene rings is 1. The molecule has 0 spiro atoms.